The molecular weight excluding hydrogens is 292 g/mol. The third kappa shape index (κ3) is 11.1. The molecule has 0 saturated carbocycles. The van der Waals surface area contributed by atoms with Crippen LogP contribution in [-0.4, -0.2) is 28.6 Å². The van der Waals surface area contributed by atoms with Gasteiger partial charge in [-0.1, -0.05) is 45.4 Å². The molecule has 0 aliphatic heterocycles. The van der Waals surface area contributed by atoms with Gasteiger partial charge in [0.2, 0.25) is 0 Å². The molecule has 0 bridgehead atoms. The highest BCUT2D eigenvalue weighted by Crippen LogP contribution is 2.20. The van der Waals surface area contributed by atoms with E-state index in [-0.39, 0.29) is 12.4 Å². The molecule has 0 aromatic rings. The van der Waals surface area contributed by atoms with Gasteiger partial charge >= 0.3 is 8.80 Å². The Morgan fingerprint density at radius 3 is 1.40 bits per heavy atom. The molecule has 20 heavy (non-hydrogen) atoms. The maximum absolute atomic E-state index is 5.85. The van der Waals surface area contributed by atoms with E-state index in [9.17, 15) is 0 Å². The fourth-order valence-electron chi connectivity index (χ4n) is 2.30. The average Bonchev–Trinajstić information content (AvgIpc) is 2.39. The summed E-state index contributed by atoms with van der Waals surface area (Å²) in [6.45, 7) is 10.4. The molecule has 0 spiro atoms. The number of unbranched alkanes of at least 4 members (excludes halogenated alkanes) is 6. The average molecular weight is 327 g/mol. The largest absolute Gasteiger partial charge is 0.500 e. The SMILES string of the molecule is CCCCCCCCC[Si](OCC)(OCC)OCC.Cl. The molecule has 0 amide bonds. The molecule has 0 heterocycles. The van der Waals surface area contributed by atoms with Crippen LogP contribution < -0.4 is 0 Å². The Kier molecular flexibility index (Phi) is 17.9. The van der Waals surface area contributed by atoms with Crippen molar-refractivity contribution >= 4 is 21.2 Å². The lowest BCUT2D eigenvalue weighted by molar-refractivity contribution is 0.0706. The van der Waals surface area contributed by atoms with Crippen LogP contribution in [0.5, 0.6) is 0 Å². The van der Waals surface area contributed by atoms with Crippen LogP contribution in [0, 0.1) is 0 Å². The smallest absolute Gasteiger partial charge is 0.374 e. The van der Waals surface area contributed by atoms with E-state index in [0.29, 0.717) is 19.8 Å². The van der Waals surface area contributed by atoms with Gasteiger partial charge in [0.25, 0.3) is 0 Å². The Labute approximate surface area is 133 Å². The zero-order valence-electron chi connectivity index (χ0n) is 13.9. The maximum Gasteiger partial charge on any atom is 0.500 e. The minimum Gasteiger partial charge on any atom is -0.374 e. The van der Waals surface area contributed by atoms with E-state index in [4.69, 9.17) is 13.3 Å². The first-order valence-corrected chi connectivity index (χ1v) is 10.1. The molecule has 0 radical (unpaired) electrons. The molecule has 0 aromatic carbocycles. The zero-order valence-corrected chi connectivity index (χ0v) is 15.7. The van der Waals surface area contributed by atoms with Crippen molar-refractivity contribution in [2.75, 3.05) is 19.8 Å². The van der Waals surface area contributed by atoms with E-state index < -0.39 is 8.80 Å². The van der Waals surface area contributed by atoms with Gasteiger partial charge in [0.1, 0.15) is 0 Å². The lowest BCUT2D eigenvalue weighted by atomic mass is 10.1. The van der Waals surface area contributed by atoms with Crippen molar-refractivity contribution in [3.05, 3.63) is 0 Å². The zero-order chi connectivity index (χ0) is 14.4. The van der Waals surface area contributed by atoms with Gasteiger partial charge in [-0.15, -0.1) is 12.4 Å². The van der Waals surface area contributed by atoms with E-state index in [0.717, 1.165) is 6.04 Å². The molecule has 5 heteroatoms. The number of rotatable bonds is 14. The van der Waals surface area contributed by atoms with E-state index in [1.807, 2.05) is 20.8 Å². The van der Waals surface area contributed by atoms with Gasteiger partial charge in [-0.05, 0) is 27.2 Å². The van der Waals surface area contributed by atoms with Gasteiger partial charge in [0.15, 0.2) is 0 Å². The standard InChI is InChI=1S/C15H34O3Si.ClH/c1-5-9-10-11-12-13-14-15-19(16-6-2,17-7-3)18-8-4;/h5-15H2,1-4H3;1H. The van der Waals surface area contributed by atoms with Crippen molar-refractivity contribution in [3.8, 4) is 0 Å². The number of hydrogen-bond acceptors (Lipinski definition) is 3. The molecular formula is C15H35ClO3Si. The third-order valence-corrected chi connectivity index (χ3v) is 6.33. The van der Waals surface area contributed by atoms with Crippen LogP contribution in [0.15, 0.2) is 0 Å². The van der Waals surface area contributed by atoms with E-state index in [1.54, 1.807) is 0 Å². The van der Waals surface area contributed by atoms with Gasteiger partial charge in [-0.25, -0.2) is 0 Å². The topological polar surface area (TPSA) is 27.7 Å². The summed E-state index contributed by atoms with van der Waals surface area (Å²) < 4.78 is 17.5. The molecule has 0 aliphatic rings. The summed E-state index contributed by atoms with van der Waals surface area (Å²) in [6, 6.07) is 0.969. The Bertz CT molecular complexity index is 177. The molecule has 0 saturated heterocycles. The molecule has 0 fully saturated rings. The summed E-state index contributed by atoms with van der Waals surface area (Å²) in [5.41, 5.74) is 0. The highest BCUT2D eigenvalue weighted by atomic mass is 35.5. The van der Waals surface area contributed by atoms with E-state index in [1.165, 1.54) is 44.9 Å². The van der Waals surface area contributed by atoms with Crippen LogP contribution in [0.2, 0.25) is 6.04 Å². The van der Waals surface area contributed by atoms with E-state index in [2.05, 4.69) is 6.92 Å². The second-order valence-corrected chi connectivity index (χ2v) is 7.59. The maximum atomic E-state index is 5.85. The fraction of sp³-hybridized carbons (Fsp3) is 1.00. The van der Waals surface area contributed by atoms with Crippen molar-refractivity contribution < 1.29 is 13.3 Å². The van der Waals surface area contributed by atoms with Crippen molar-refractivity contribution in [2.45, 2.75) is 78.7 Å². The summed E-state index contributed by atoms with van der Waals surface area (Å²) >= 11 is 0. The van der Waals surface area contributed by atoms with Crippen molar-refractivity contribution in [1.82, 2.24) is 0 Å². The number of hydrogen-bond donors (Lipinski definition) is 0. The lowest BCUT2D eigenvalue weighted by Gasteiger charge is -2.28. The second kappa shape index (κ2) is 15.8. The summed E-state index contributed by atoms with van der Waals surface area (Å²) in [6.07, 6.45) is 9.19. The van der Waals surface area contributed by atoms with Crippen LogP contribution in [-0.2, 0) is 13.3 Å². The first-order valence-electron chi connectivity index (χ1n) is 8.16. The fourth-order valence-corrected chi connectivity index (χ4v) is 4.99. The summed E-state index contributed by atoms with van der Waals surface area (Å²) in [7, 11) is -2.37. The first kappa shape index (κ1) is 22.7. The summed E-state index contributed by atoms with van der Waals surface area (Å²) in [4.78, 5) is 0. The second-order valence-electron chi connectivity index (χ2n) is 4.85. The third-order valence-electron chi connectivity index (χ3n) is 3.18. The molecule has 0 rings (SSSR count). The molecule has 0 aliphatic carbocycles. The Morgan fingerprint density at radius 1 is 0.600 bits per heavy atom. The molecule has 3 nitrogen and oxygen atoms in total. The lowest BCUT2D eigenvalue weighted by Crippen LogP contribution is -2.45. The van der Waals surface area contributed by atoms with Crippen molar-refractivity contribution in [3.63, 3.8) is 0 Å². The number of halogens is 1. The molecule has 0 atom stereocenters. The first-order chi connectivity index (χ1) is 9.24. The van der Waals surface area contributed by atoms with Gasteiger partial charge < -0.3 is 13.3 Å². The minimum absolute atomic E-state index is 0. The normalized spacial score (nSPS) is 11.4. The molecule has 0 N–H and O–H groups in total. The van der Waals surface area contributed by atoms with Gasteiger partial charge in [-0.2, -0.15) is 0 Å². The van der Waals surface area contributed by atoms with Crippen molar-refractivity contribution in [2.24, 2.45) is 0 Å². The van der Waals surface area contributed by atoms with Crippen molar-refractivity contribution in [1.29, 1.82) is 0 Å². The predicted molar refractivity (Wildman–Crippen MR) is 90.7 cm³/mol. The van der Waals surface area contributed by atoms with Gasteiger partial charge in [-0.3, -0.25) is 0 Å². The Morgan fingerprint density at radius 2 is 1.00 bits per heavy atom. The van der Waals surface area contributed by atoms with Gasteiger partial charge in [0, 0.05) is 25.9 Å². The molecule has 0 unspecified atom stereocenters. The van der Waals surface area contributed by atoms with Gasteiger partial charge in [0.05, 0.1) is 0 Å². The van der Waals surface area contributed by atoms with E-state index >= 15 is 0 Å². The van der Waals surface area contributed by atoms with Crippen LogP contribution in [0.25, 0.3) is 0 Å². The Hall–Kier alpha value is 0.387. The monoisotopic (exact) mass is 326 g/mol. The molecule has 124 valence electrons. The Balaban J connectivity index is 0. The molecule has 0 aromatic heterocycles. The minimum atomic E-state index is -2.37. The quantitative estimate of drug-likeness (QED) is 0.324. The van der Waals surface area contributed by atoms with Crippen LogP contribution in [0.3, 0.4) is 0 Å². The summed E-state index contributed by atoms with van der Waals surface area (Å²) in [5.74, 6) is 0. The highest BCUT2D eigenvalue weighted by Gasteiger charge is 2.39. The highest BCUT2D eigenvalue weighted by molar-refractivity contribution is 6.60. The predicted octanol–water partition coefficient (Wildman–Crippen LogP) is 5.21. The van der Waals surface area contributed by atoms with Crippen LogP contribution in [0.4, 0.5) is 0 Å². The van der Waals surface area contributed by atoms with Crippen LogP contribution in [0.1, 0.15) is 72.6 Å². The summed E-state index contributed by atoms with van der Waals surface area (Å²) in [5, 5.41) is 0. The van der Waals surface area contributed by atoms with Crippen LogP contribution >= 0.6 is 12.4 Å².